The summed E-state index contributed by atoms with van der Waals surface area (Å²) in [5, 5.41) is 11.6. The zero-order valence-corrected chi connectivity index (χ0v) is 12.7. The number of carbonyl (C=O) groups is 2. The number of anilines is 1. The summed E-state index contributed by atoms with van der Waals surface area (Å²) in [7, 11) is 0. The number of aryl methyl sites for hydroxylation is 1. The van der Waals surface area contributed by atoms with E-state index in [0.717, 1.165) is 5.69 Å². The standard InChI is InChI=1S/C17H15N3O3/c1-11-7-8-14(10-19-11)17(22)23-12(2)16(21)20-15-6-4-3-5-13(15)9-18/h3-8,10,12H,1-2H3,(H,20,21). The van der Waals surface area contributed by atoms with Crippen LogP contribution in [0.5, 0.6) is 0 Å². The first-order chi connectivity index (χ1) is 11.0. The normalized spacial score (nSPS) is 11.2. The Bertz CT molecular complexity index is 763. The van der Waals surface area contributed by atoms with Gasteiger partial charge in [0.1, 0.15) is 6.07 Å². The molecule has 0 radical (unpaired) electrons. The van der Waals surface area contributed by atoms with Crippen molar-refractivity contribution in [3.8, 4) is 6.07 Å². The van der Waals surface area contributed by atoms with E-state index in [1.807, 2.05) is 6.07 Å². The second-order valence-electron chi connectivity index (χ2n) is 4.88. The molecule has 2 rings (SSSR count). The predicted octanol–water partition coefficient (Wildman–Crippen LogP) is 2.45. The average molecular weight is 309 g/mol. The summed E-state index contributed by atoms with van der Waals surface area (Å²) in [4.78, 5) is 28.0. The summed E-state index contributed by atoms with van der Waals surface area (Å²) in [6.07, 6.45) is 0.392. The van der Waals surface area contributed by atoms with Crippen LogP contribution in [0.1, 0.15) is 28.5 Å². The fourth-order valence-electron chi connectivity index (χ4n) is 1.79. The fourth-order valence-corrected chi connectivity index (χ4v) is 1.79. The molecule has 0 saturated heterocycles. The molecule has 2 aromatic rings. The molecule has 0 spiro atoms. The zero-order valence-electron chi connectivity index (χ0n) is 12.7. The number of amides is 1. The molecule has 1 atom stereocenters. The number of ether oxygens (including phenoxy) is 1. The number of hydrogen-bond acceptors (Lipinski definition) is 5. The Morgan fingerprint density at radius 2 is 2.00 bits per heavy atom. The number of para-hydroxylation sites is 1. The molecule has 23 heavy (non-hydrogen) atoms. The van der Waals surface area contributed by atoms with Crippen LogP contribution in [0, 0.1) is 18.3 Å². The van der Waals surface area contributed by atoms with Gasteiger partial charge >= 0.3 is 5.97 Å². The Kier molecular flexibility index (Phi) is 5.05. The number of carbonyl (C=O) groups excluding carboxylic acids is 2. The molecule has 1 aromatic heterocycles. The number of aromatic nitrogens is 1. The van der Waals surface area contributed by atoms with Gasteiger partial charge < -0.3 is 10.1 Å². The molecule has 6 nitrogen and oxygen atoms in total. The van der Waals surface area contributed by atoms with Gasteiger partial charge in [-0.2, -0.15) is 5.26 Å². The molecule has 6 heteroatoms. The van der Waals surface area contributed by atoms with Crippen LogP contribution in [-0.2, 0) is 9.53 Å². The fraction of sp³-hybridized carbons (Fsp3) is 0.176. The van der Waals surface area contributed by atoms with E-state index >= 15 is 0 Å². The van der Waals surface area contributed by atoms with Crippen molar-refractivity contribution >= 4 is 17.6 Å². The van der Waals surface area contributed by atoms with Crippen molar-refractivity contribution in [3.63, 3.8) is 0 Å². The van der Waals surface area contributed by atoms with E-state index in [0.29, 0.717) is 11.3 Å². The molecule has 0 aliphatic carbocycles. The Hall–Kier alpha value is -3.20. The summed E-state index contributed by atoms with van der Waals surface area (Å²) in [5.74, 6) is -1.14. The van der Waals surface area contributed by atoms with E-state index in [-0.39, 0.29) is 5.56 Å². The van der Waals surface area contributed by atoms with Gasteiger partial charge in [0.05, 0.1) is 16.8 Å². The smallest absolute Gasteiger partial charge is 0.340 e. The molecule has 0 aliphatic heterocycles. The number of rotatable bonds is 4. The van der Waals surface area contributed by atoms with Crippen LogP contribution in [0.4, 0.5) is 5.69 Å². The first-order valence-electron chi connectivity index (χ1n) is 6.95. The third kappa shape index (κ3) is 4.14. The van der Waals surface area contributed by atoms with Gasteiger partial charge in [0, 0.05) is 11.9 Å². The molecule has 0 bridgehead atoms. The molecule has 0 saturated carbocycles. The van der Waals surface area contributed by atoms with Gasteiger partial charge in [-0.1, -0.05) is 12.1 Å². The molecular formula is C17H15N3O3. The summed E-state index contributed by atoms with van der Waals surface area (Å²) < 4.78 is 5.11. The summed E-state index contributed by atoms with van der Waals surface area (Å²) >= 11 is 0. The maximum absolute atomic E-state index is 12.1. The van der Waals surface area contributed by atoms with E-state index in [2.05, 4.69) is 10.3 Å². The van der Waals surface area contributed by atoms with E-state index in [9.17, 15) is 9.59 Å². The maximum atomic E-state index is 12.1. The Labute approximate surface area is 133 Å². The predicted molar refractivity (Wildman–Crippen MR) is 83.6 cm³/mol. The third-order valence-corrected chi connectivity index (χ3v) is 3.11. The minimum Gasteiger partial charge on any atom is -0.449 e. The van der Waals surface area contributed by atoms with E-state index < -0.39 is 18.0 Å². The van der Waals surface area contributed by atoms with Crippen LogP contribution < -0.4 is 5.32 Å². The maximum Gasteiger partial charge on any atom is 0.340 e. The number of hydrogen-bond donors (Lipinski definition) is 1. The van der Waals surface area contributed by atoms with Crippen molar-refractivity contribution in [3.05, 3.63) is 59.4 Å². The van der Waals surface area contributed by atoms with Gasteiger partial charge in [-0.05, 0) is 38.1 Å². The van der Waals surface area contributed by atoms with Gasteiger partial charge in [0.25, 0.3) is 5.91 Å². The lowest BCUT2D eigenvalue weighted by Gasteiger charge is -2.14. The first kappa shape index (κ1) is 16.2. The topological polar surface area (TPSA) is 92.1 Å². The minimum atomic E-state index is -1.00. The minimum absolute atomic E-state index is 0.271. The van der Waals surface area contributed by atoms with Gasteiger partial charge in [-0.15, -0.1) is 0 Å². The number of nitrogens with zero attached hydrogens (tertiary/aromatic N) is 2. The molecule has 0 aliphatic rings. The molecule has 1 unspecified atom stereocenters. The summed E-state index contributed by atoms with van der Waals surface area (Å²) in [5.41, 5.74) is 1.76. The molecule has 1 N–H and O–H groups in total. The highest BCUT2D eigenvalue weighted by molar-refractivity contribution is 5.97. The number of nitriles is 1. The lowest BCUT2D eigenvalue weighted by Crippen LogP contribution is -2.30. The highest BCUT2D eigenvalue weighted by atomic mass is 16.5. The molecular weight excluding hydrogens is 294 g/mol. The highest BCUT2D eigenvalue weighted by Gasteiger charge is 2.20. The van der Waals surface area contributed by atoms with Crippen molar-refractivity contribution in [1.29, 1.82) is 5.26 Å². The van der Waals surface area contributed by atoms with Crippen molar-refractivity contribution in [2.24, 2.45) is 0 Å². The SMILES string of the molecule is Cc1ccc(C(=O)OC(C)C(=O)Nc2ccccc2C#N)cn1. The van der Waals surface area contributed by atoms with Gasteiger partial charge in [0.15, 0.2) is 6.10 Å². The van der Waals surface area contributed by atoms with Crippen LogP contribution >= 0.6 is 0 Å². The van der Waals surface area contributed by atoms with Crippen LogP contribution in [0.3, 0.4) is 0 Å². The van der Waals surface area contributed by atoms with Crippen molar-refractivity contribution in [1.82, 2.24) is 4.98 Å². The number of nitrogens with one attached hydrogen (secondary N) is 1. The van der Waals surface area contributed by atoms with Gasteiger partial charge in [-0.25, -0.2) is 4.79 Å². The highest BCUT2D eigenvalue weighted by Crippen LogP contribution is 2.14. The summed E-state index contributed by atoms with van der Waals surface area (Å²) in [6, 6.07) is 11.8. The second kappa shape index (κ2) is 7.18. The Balaban J connectivity index is 2.01. The van der Waals surface area contributed by atoms with E-state index in [1.54, 1.807) is 43.3 Å². The first-order valence-corrected chi connectivity index (χ1v) is 6.95. The Morgan fingerprint density at radius 3 is 2.65 bits per heavy atom. The zero-order chi connectivity index (χ0) is 16.8. The van der Waals surface area contributed by atoms with Crippen LogP contribution in [0.25, 0.3) is 0 Å². The van der Waals surface area contributed by atoms with E-state index in [4.69, 9.17) is 10.00 Å². The molecule has 1 amide bonds. The van der Waals surface area contributed by atoms with Crippen LogP contribution in [0.15, 0.2) is 42.6 Å². The van der Waals surface area contributed by atoms with Crippen molar-refractivity contribution in [2.45, 2.75) is 20.0 Å². The quantitative estimate of drug-likeness (QED) is 0.876. The van der Waals surface area contributed by atoms with Crippen LogP contribution in [0.2, 0.25) is 0 Å². The number of benzene rings is 1. The van der Waals surface area contributed by atoms with Gasteiger partial charge in [-0.3, -0.25) is 9.78 Å². The van der Waals surface area contributed by atoms with Crippen molar-refractivity contribution in [2.75, 3.05) is 5.32 Å². The number of esters is 1. The molecule has 1 heterocycles. The summed E-state index contributed by atoms with van der Waals surface area (Å²) in [6.45, 7) is 3.27. The van der Waals surface area contributed by atoms with Crippen LogP contribution in [-0.4, -0.2) is 23.0 Å². The second-order valence-corrected chi connectivity index (χ2v) is 4.88. The van der Waals surface area contributed by atoms with Crippen molar-refractivity contribution < 1.29 is 14.3 Å². The monoisotopic (exact) mass is 309 g/mol. The lowest BCUT2D eigenvalue weighted by atomic mass is 10.2. The third-order valence-electron chi connectivity index (χ3n) is 3.11. The van der Waals surface area contributed by atoms with Gasteiger partial charge in [0.2, 0.25) is 0 Å². The largest absolute Gasteiger partial charge is 0.449 e. The van der Waals surface area contributed by atoms with E-state index in [1.165, 1.54) is 13.1 Å². The molecule has 0 fully saturated rings. The number of pyridine rings is 1. The molecule has 1 aromatic carbocycles. The lowest BCUT2D eigenvalue weighted by molar-refractivity contribution is -0.123. The average Bonchev–Trinajstić information content (AvgIpc) is 2.55. The molecule has 116 valence electrons. The Morgan fingerprint density at radius 1 is 1.26 bits per heavy atom.